The van der Waals surface area contributed by atoms with Crippen molar-refractivity contribution in [3.63, 3.8) is 0 Å². The first kappa shape index (κ1) is 26.1. The van der Waals surface area contributed by atoms with Crippen LogP contribution in [0, 0.1) is 46.3 Å². The van der Waals surface area contributed by atoms with Crippen LogP contribution in [0.5, 0.6) is 0 Å². The minimum atomic E-state index is -0.152. The molecule has 8 aliphatic carbocycles. The zero-order chi connectivity index (χ0) is 21.3. The van der Waals surface area contributed by atoms with Gasteiger partial charge in [0.15, 0.2) is 0 Å². The van der Waals surface area contributed by atoms with Crippen molar-refractivity contribution >= 4 is 36.8 Å². The van der Waals surface area contributed by atoms with Crippen LogP contribution in [0.2, 0.25) is 0 Å². The lowest BCUT2D eigenvalue weighted by Crippen LogP contribution is -2.59. The van der Waals surface area contributed by atoms with E-state index in [1.807, 2.05) is 0 Å². The standard InChI is InChI=1S/2C12H19NO2.2ClH/c2*1-15-11(14)12-4-7-2-8(5-12)10(13)9(3-7)6-12;;/h2*7-10H,2-6,13H2,1H3;2*1H/t2*7?,8-,9?,10?,12?;;/m10../s1. The summed E-state index contributed by atoms with van der Waals surface area (Å²) >= 11 is 0. The van der Waals surface area contributed by atoms with Gasteiger partial charge in [0.25, 0.3) is 0 Å². The largest absolute Gasteiger partial charge is 0.469 e. The molecule has 0 aromatic heterocycles. The molecular formula is C24H40Cl2N2O4. The maximum Gasteiger partial charge on any atom is 0.311 e. The summed E-state index contributed by atoms with van der Waals surface area (Å²) in [4.78, 5) is 23.8. The number of nitrogens with two attached hydrogens (primary N) is 2. The van der Waals surface area contributed by atoms with Crippen molar-refractivity contribution in [3.05, 3.63) is 0 Å². The van der Waals surface area contributed by atoms with Crippen molar-refractivity contribution < 1.29 is 19.1 Å². The number of carbonyl (C=O) groups is 2. The summed E-state index contributed by atoms with van der Waals surface area (Å²) in [7, 11) is 3.03. The summed E-state index contributed by atoms with van der Waals surface area (Å²) in [5.74, 6) is 3.83. The van der Waals surface area contributed by atoms with Gasteiger partial charge in [-0.15, -0.1) is 24.8 Å². The molecule has 32 heavy (non-hydrogen) atoms. The molecule has 0 aromatic rings. The first-order valence-corrected chi connectivity index (χ1v) is 12.0. The Kier molecular flexibility index (Phi) is 7.52. The van der Waals surface area contributed by atoms with E-state index < -0.39 is 0 Å². The second-order valence-electron chi connectivity index (χ2n) is 11.6. The average Bonchev–Trinajstić information content (AvgIpc) is 2.73. The summed E-state index contributed by atoms with van der Waals surface area (Å²) in [6, 6.07) is 0.693. The van der Waals surface area contributed by atoms with Gasteiger partial charge in [0, 0.05) is 12.1 Å². The molecule has 0 aromatic carbocycles. The molecule has 8 unspecified atom stereocenters. The Morgan fingerprint density at radius 1 is 0.625 bits per heavy atom. The summed E-state index contributed by atoms with van der Waals surface area (Å²) in [5, 5.41) is 0. The van der Waals surface area contributed by atoms with E-state index in [1.54, 1.807) is 0 Å². The quantitative estimate of drug-likeness (QED) is 0.574. The summed E-state index contributed by atoms with van der Waals surface area (Å²) in [6.07, 6.45) is 11.0. The van der Waals surface area contributed by atoms with E-state index in [2.05, 4.69) is 0 Å². The smallest absolute Gasteiger partial charge is 0.311 e. The zero-order valence-electron chi connectivity index (χ0n) is 19.3. The molecule has 8 heteroatoms. The van der Waals surface area contributed by atoms with Crippen molar-refractivity contribution in [3.8, 4) is 0 Å². The molecule has 0 amide bonds. The van der Waals surface area contributed by atoms with Gasteiger partial charge in [0.2, 0.25) is 0 Å². The second kappa shape index (κ2) is 9.24. The molecule has 8 bridgehead atoms. The van der Waals surface area contributed by atoms with Gasteiger partial charge in [-0.05, 0) is 99.7 Å². The minimum Gasteiger partial charge on any atom is -0.469 e. The van der Waals surface area contributed by atoms with Crippen LogP contribution in [0.15, 0.2) is 0 Å². The molecule has 4 N–H and O–H groups in total. The van der Waals surface area contributed by atoms with Gasteiger partial charge in [-0.3, -0.25) is 9.59 Å². The Labute approximate surface area is 204 Å². The average molecular weight is 492 g/mol. The third-order valence-electron chi connectivity index (χ3n) is 9.93. The lowest BCUT2D eigenvalue weighted by Gasteiger charge is -2.57. The number of hydrogen-bond donors (Lipinski definition) is 2. The van der Waals surface area contributed by atoms with E-state index >= 15 is 0 Å². The van der Waals surface area contributed by atoms with E-state index in [4.69, 9.17) is 20.9 Å². The number of methoxy groups -OCH3 is 2. The minimum absolute atomic E-state index is 0. The summed E-state index contributed by atoms with van der Waals surface area (Å²) < 4.78 is 9.98. The van der Waals surface area contributed by atoms with E-state index in [1.165, 1.54) is 39.9 Å². The van der Waals surface area contributed by atoms with E-state index in [-0.39, 0.29) is 47.6 Å². The molecule has 0 aliphatic heterocycles. The Hall–Kier alpha value is -0.560. The number of carbonyl (C=O) groups excluding carboxylic acids is 2. The monoisotopic (exact) mass is 490 g/mol. The van der Waals surface area contributed by atoms with Crippen LogP contribution in [0.4, 0.5) is 0 Å². The molecule has 0 heterocycles. The van der Waals surface area contributed by atoms with E-state index in [9.17, 15) is 9.59 Å². The van der Waals surface area contributed by atoms with Gasteiger partial charge in [-0.2, -0.15) is 0 Å². The number of esters is 2. The molecule has 0 spiro atoms. The fraction of sp³-hybridized carbons (Fsp3) is 0.917. The van der Waals surface area contributed by atoms with Gasteiger partial charge < -0.3 is 20.9 Å². The van der Waals surface area contributed by atoms with Gasteiger partial charge >= 0.3 is 11.9 Å². The van der Waals surface area contributed by atoms with Gasteiger partial charge in [-0.1, -0.05) is 0 Å². The lowest BCUT2D eigenvalue weighted by atomic mass is 9.48. The van der Waals surface area contributed by atoms with Crippen LogP contribution in [0.1, 0.15) is 64.2 Å². The van der Waals surface area contributed by atoms with Crippen LogP contribution < -0.4 is 11.5 Å². The summed E-state index contributed by atoms with van der Waals surface area (Å²) in [6.45, 7) is 0. The molecule has 8 fully saturated rings. The highest BCUT2D eigenvalue weighted by atomic mass is 35.5. The first-order chi connectivity index (χ1) is 14.3. The van der Waals surface area contributed by atoms with Crippen LogP contribution in [-0.2, 0) is 19.1 Å². The summed E-state index contributed by atoms with van der Waals surface area (Å²) in [5.41, 5.74) is 12.1. The Morgan fingerprint density at radius 2 is 0.906 bits per heavy atom. The van der Waals surface area contributed by atoms with Crippen LogP contribution in [0.3, 0.4) is 0 Å². The topological polar surface area (TPSA) is 105 Å². The molecule has 0 saturated heterocycles. The second-order valence-corrected chi connectivity index (χ2v) is 11.6. The molecule has 184 valence electrons. The van der Waals surface area contributed by atoms with E-state index in [0.717, 1.165) is 50.4 Å². The Balaban J connectivity index is 0.000000170. The normalized spacial score (nSPS) is 48.6. The zero-order valence-corrected chi connectivity index (χ0v) is 20.9. The van der Waals surface area contributed by atoms with Gasteiger partial charge in [-0.25, -0.2) is 0 Å². The Bertz CT molecular complexity index is 643. The highest BCUT2D eigenvalue weighted by Crippen LogP contribution is 2.61. The van der Waals surface area contributed by atoms with Crippen molar-refractivity contribution in [2.24, 2.45) is 57.8 Å². The maximum atomic E-state index is 11.9. The molecule has 6 nitrogen and oxygen atoms in total. The highest BCUT2D eigenvalue weighted by molar-refractivity contribution is 5.85. The molecule has 8 rings (SSSR count). The van der Waals surface area contributed by atoms with Crippen molar-refractivity contribution in [2.75, 3.05) is 14.2 Å². The third-order valence-corrected chi connectivity index (χ3v) is 9.93. The Morgan fingerprint density at radius 3 is 1.16 bits per heavy atom. The van der Waals surface area contributed by atoms with Gasteiger partial charge in [0.1, 0.15) is 0 Å². The van der Waals surface area contributed by atoms with Crippen molar-refractivity contribution in [2.45, 2.75) is 76.3 Å². The predicted octanol–water partition coefficient (Wildman–Crippen LogP) is 3.47. The maximum absolute atomic E-state index is 11.9. The number of rotatable bonds is 2. The van der Waals surface area contributed by atoms with Crippen LogP contribution in [-0.4, -0.2) is 38.2 Å². The van der Waals surface area contributed by atoms with Gasteiger partial charge in [0.05, 0.1) is 25.0 Å². The molecule has 0 radical (unpaired) electrons. The molecular weight excluding hydrogens is 451 g/mol. The third kappa shape index (κ3) is 3.97. The number of ether oxygens (including phenoxy) is 2. The fourth-order valence-electron chi connectivity index (χ4n) is 9.06. The lowest BCUT2D eigenvalue weighted by molar-refractivity contribution is -0.170. The number of halogens is 2. The molecule has 10 atom stereocenters. The van der Waals surface area contributed by atoms with Crippen molar-refractivity contribution in [1.82, 2.24) is 0 Å². The molecule has 8 saturated carbocycles. The molecule has 8 aliphatic rings. The first-order valence-electron chi connectivity index (χ1n) is 12.0. The highest BCUT2D eigenvalue weighted by Gasteiger charge is 2.59. The SMILES string of the molecule is COC(=O)C12CC3CC(C1)C(N)[C@@H](C3)C2.COC(=O)C12CC3CC(C1)C(N)[C@H](C3)C2.Cl.Cl. The van der Waals surface area contributed by atoms with Crippen LogP contribution in [0.25, 0.3) is 0 Å². The predicted molar refractivity (Wildman–Crippen MR) is 126 cm³/mol. The van der Waals surface area contributed by atoms with E-state index in [0.29, 0.717) is 35.8 Å². The fourth-order valence-corrected chi connectivity index (χ4v) is 9.06. The van der Waals surface area contributed by atoms with Crippen molar-refractivity contribution in [1.29, 1.82) is 0 Å². The number of hydrogen-bond acceptors (Lipinski definition) is 6. The van der Waals surface area contributed by atoms with Crippen LogP contribution >= 0.6 is 24.8 Å².